The van der Waals surface area contributed by atoms with Gasteiger partial charge in [0, 0.05) is 53.1 Å². The van der Waals surface area contributed by atoms with Gasteiger partial charge in [0.2, 0.25) is 5.95 Å². The van der Waals surface area contributed by atoms with Gasteiger partial charge in [-0.15, -0.1) is 11.3 Å². The number of imidazole rings is 1. The number of hydrogen-bond acceptors (Lipinski definition) is 2. The van der Waals surface area contributed by atoms with Crippen LogP contribution in [0.5, 0.6) is 0 Å². The Kier molecular flexibility index (Phi) is 4.58. The van der Waals surface area contributed by atoms with Crippen molar-refractivity contribution in [1.29, 1.82) is 0 Å². The predicted molar refractivity (Wildman–Crippen MR) is 211 cm³/mol. The van der Waals surface area contributed by atoms with E-state index in [4.69, 9.17) is 4.98 Å². The van der Waals surface area contributed by atoms with Crippen molar-refractivity contribution in [3.63, 3.8) is 0 Å². The first-order valence-corrected chi connectivity index (χ1v) is 18.2. The lowest BCUT2D eigenvalue weighted by molar-refractivity contribution is 0.892. The van der Waals surface area contributed by atoms with Gasteiger partial charge in [-0.05, 0) is 82.9 Å². The maximum atomic E-state index is 5.46. The number of aromatic nitrogens is 4. The Balaban J connectivity index is 1.22. The van der Waals surface area contributed by atoms with Gasteiger partial charge in [-0.3, -0.25) is 9.13 Å². The summed E-state index contributed by atoms with van der Waals surface area (Å²) in [6.45, 7) is 0. The van der Waals surface area contributed by atoms with Crippen molar-refractivity contribution in [2.45, 2.75) is 12.8 Å². The predicted octanol–water partition coefficient (Wildman–Crippen LogP) is 11.1. The summed E-state index contributed by atoms with van der Waals surface area (Å²) in [5.41, 5.74) is 8.48. The summed E-state index contributed by atoms with van der Waals surface area (Å²) >= 11 is 1.92. The zero-order valence-corrected chi connectivity index (χ0v) is 27.6. The molecule has 5 heterocycles. The summed E-state index contributed by atoms with van der Waals surface area (Å²) in [6.07, 6.45) is 4.43. The molecule has 4 nitrogen and oxygen atoms in total. The first-order chi connectivity index (χ1) is 24.8. The number of thiophene rings is 1. The second-order valence-corrected chi connectivity index (χ2v) is 14.9. The summed E-state index contributed by atoms with van der Waals surface area (Å²) in [5, 5.41) is 14.5. The minimum atomic E-state index is 0.928. The molecule has 0 unspecified atom stereocenters. The standard InChI is InChI=1S/C45H26N4S/c1-2-9-28-25(8-1)16-17-26-24-27(18-19-29(26)28)47-34-13-6-4-11-32(34)46-45(47)49-36-15-7-14-35-40(36)41-37(49)21-23-38-42(41)43-39(50-38)22-20-31-30-10-3-5-12-33(30)48(35)44(31)43/h1-6,8-13,15-24H,7,14H2. The fourth-order valence-corrected chi connectivity index (χ4v) is 10.5. The lowest BCUT2D eigenvalue weighted by Gasteiger charge is -2.15. The van der Waals surface area contributed by atoms with Crippen LogP contribution in [0.2, 0.25) is 0 Å². The number of fused-ring (bicyclic) bond motifs is 8. The largest absolute Gasteiger partial charge is 0.312 e. The smallest absolute Gasteiger partial charge is 0.220 e. The third-order valence-corrected chi connectivity index (χ3v) is 12.5. The third-order valence-electron chi connectivity index (χ3n) is 11.4. The van der Waals surface area contributed by atoms with Gasteiger partial charge in [0.05, 0.1) is 32.9 Å². The molecule has 12 aromatic rings. The van der Waals surface area contributed by atoms with Crippen LogP contribution in [-0.2, 0) is 6.42 Å². The molecular weight excluding hydrogens is 629 g/mol. The van der Waals surface area contributed by atoms with E-state index in [2.05, 4.69) is 147 Å². The molecule has 0 amide bonds. The average molecular weight is 655 g/mol. The van der Waals surface area contributed by atoms with E-state index in [0.29, 0.717) is 0 Å². The van der Waals surface area contributed by atoms with Crippen LogP contribution in [0.25, 0.3) is 109 Å². The molecule has 0 saturated heterocycles. The molecule has 7 aromatic carbocycles. The molecule has 5 heteroatoms. The molecular formula is C45H26N4S. The van der Waals surface area contributed by atoms with Crippen molar-refractivity contribution < 1.29 is 0 Å². The molecule has 0 spiro atoms. The van der Waals surface area contributed by atoms with Crippen molar-refractivity contribution in [1.82, 2.24) is 18.5 Å². The first kappa shape index (κ1) is 25.8. The van der Waals surface area contributed by atoms with E-state index in [1.54, 1.807) is 0 Å². The van der Waals surface area contributed by atoms with E-state index in [9.17, 15) is 0 Å². The fourth-order valence-electron chi connectivity index (χ4n) is 9.43. The minimum Gasteiger partial charge on any atom is -0.312 e. The van der Waals surface area contributed by atoms with Crippen LogP contribution in [0.3, 0.4) is 0 Å². The third kappa shape index (κ3) is 2.99. The summed E-state index contributed by atoms with van der Waals surface area (Å²) in [5.74, 6) is 0.928. The summed E-state index contributed by atoms with van der Waals surface area (Å²) < 4.78 is 10.2. The van der Waals surface area contributed by atoms with Crippen molar-refractivity contribution >= 4 is 108 Å². The maximum absolute atomic E-state index is 5.46. The molecule has 232 valence electrons. The van der Waals surface area contributed by atoms with Gasteiger partial charge in [-0.1, -0.05) is 84.9 Å². The van der Waals surface area contributed by atoms with E-state index < -0.39 is 0 Å². The maximum Gasteiger partial charge on any atom is 0.220 e. The molecule has 0 N–H and O–H groups in total. The molecule has 0 radical (unpaired) electrons. The molecule has 0 bridgehead atoms. The van der Waals surface area contributed by atoms with Gasteiger partial charge in [0.25, 0.3) is 0 Å². The second-order valence-electron chi connectivity index (χ2n) is 13.8. The van der Waals surface area contributed by atoms with E-state index in [-0.39, 0.29) is 0 Å². The van der Waals surface area contributed by atoms with Gasteiger partial charge in [-0.2, -0.15) is 0 Å². The van der Waals surface area contributed by atoms with Crippen LogP contribution in [0.4, 0.5) is 0 Å². The van der Waals surface area contributed by atoms with Crippen molar-refractivity contribution in [2.24, 2.45) is 0 Å². The molecule has 1 aliphatic carbocycles. The van der Waals surface area contributed by atoms with E-state index in [0.717, 1.165) is 35.5 Å². The SMILES string of the molecule is C1=c2c3c(n4c5ccccc5c5ccc6sc7ccc(c3c7c6c54)n2-c2nc3ccccc3n2-c2ccc3c(ccc4ccccc43)c2)CC1. The van der Waals surface area contributed by atoms with Crippen molar-refractivity contribution in [2.75, 3.05) is 0 Å². The summed E-state index contributed by atoms with van der Waals surface area (Å²) in [4.78, 5) is 5.46. The highest BCUT2D eigenvalue weighted by molar-refractivity contribution is 7.26. The van der Waals surface area contributed by atoms with Crippen LogP contribution < -0.4 is 5.35 Å². The number of hydrogen-bond donors (Lipinski definition) is 0. The Bertz CT molecular complexity index is 3500. The summed E-state index contributed by atoms with van der Waals surface area (Å²) in [6, 6.07) is 47.0. The molecule has 0 atom stereocenters. The monoisotopic (exact) mass is 654 g/mol. The molecule has 0 fully saturated rings. The Hall–Kier alpha value is -6.17. The topological polar surface area (TPSA) is 27.2 Å². The Morgan fingerprint density at radius 2 is 1.30 bits per heavy atom. The van der Waals surface area contributed by atoms with E-state index >= 15 is 0 Å². The lowest BCUT2D eigenvalue weighted by Crippen LogP contribution is -2.21. The quantitative estimate of drug-likeness (QED) is 0.170. The molecule has 5 aromatic heterocycles. The summed E-state index contributed by atoms with van der Waals surface area (Å²) in [7, 11) is 0. The van der Waals surface area contributed by atoms with Crippen molar-refractivity contribution in [3.05, 3.63) is 138 Å². The second kappa shape index (κ2) is 8.89. The highest BCUT2D eigenvalue weighted by atomic mass is 32.1. The van der Waals surface area contributed by atoms with Gasteiger partial charge in [0.1, 0.15) is 0 Å². The van der Waals surface area contributed by atoms with Crippen LogP contribution in [0, 0.1) is 0 Å². The van der Waals surface area contributed by atoms with Gasteiger partial charge in [-0.25, -0.2) is 4.98 Å². The Labute approximate surface area is 288 Å². The highest BCUT2D eigenvalue weighted by Crippen LogP contribution is 2.48. The molecule has 50 heavy (non-hydrogen) atoms. The number of rotatable bonds is 2. The number of aryl methyl sites for hydroxylation is 1. The zero-order chi connectivity index (χ0) is 32.2. The normalized spacial score (nSPS) is 13.6. The molecule has 1 aliphatic rings. The fraction of sp³-hybridized carbons (Fsp3) is 0.0444. The van der Waals surface area contributed by atoms with Crippen molar-refractivity contribution in [3.8, 4) is 11.6 Å². The van der Waals surface area contributed by atoms with E-state index in [1.165, 1.54) is 90.9 Å². The zero-order valence-electron chi connectivity index (χ0n) is 26.8. The van der Waals surface area contributed by atoms with Crippen LogP contribution in [0.15, 0.2) is 127 Å². The van der Waals surface area contributed by atoms with Gasteiger partial charge in [0.15, 0.2) is 0 Å². The lowest BCUT2D eigenvalue weighted by atomic mass is 10.0. The Morgan fingerprint density at radius 3 is 2.26 bits per heavy atom. The van der Waals surface area contributed by atoms with Crippen LogP contribution in [0.1, 0.15) is 12.1 Å². The van der Waals surface area contributed by atoms with Gasteiger partial charge < -0.3 is 4.40 Å². The van der Waals surface area contributed by atoms with Crippen LogP contribution in [-0.4, -0.2) is 18.5 Å². The first-order valence-electron chi connectivity index (χ1n) is 17.4. The van der Waals surface area contributed by atoms with Gasteiger partial charge >= 0.3 is 0 Å². The number of benzene rings is 7. The molecule has 0 saturated carbocycles. The Morgan fingerprint density at radius 1 is 0.540 bits per heavy atom. The van der Waals surface area contributed by atoms with E-state index in [1.807, 2.05) is 11.3 Å². The molecule has 0 aliphatic heterocycles. The van der Waals surface area contributed by atoms with Crippen LogP contribution >= 0.6 is 11.3 Å². The average Bonchev–Trinajstić information content (AvgIpc) is 3.89. The highest BCUT2D eigenvalue weighted by Gasteiger charge is 2.28. The number of para-hydroxylation sites is 3. The minimum absolute atomic E-state index is 0.928. The molecule has 13 rings (SSSR count). The number of nitrogens with zero attached hydrogens (tertiary/aromatic N) is 4.